The van der Waals surface area contributed by atoms with Crippen molar-refractivity contribution in [3.05, 3.63) is 57.2 Å². The van der Waals surface area contributed by atoms with E-state index in [0.29, 0.717) is 11.4 Å². The second-order valence-corrected chi connectivity index (χ2v) is 5.53. The Bertz CT molecular complexity index is 491. The quantitative estimate of drug-likeness (QED) is 0.756. The van der Waals surface area contributed by atoms with Gasteiger partial charge in [0.1, 0.15) is 0 Å². The van der Waals surface area contributed by atoms with E-state index >= 15 is 0 Å². The second kappa shape index (κ2) is 5.67. The maximum atomic E-state index is 11.5. The first-order valence-corrected chi connectivity index (χ1v) is 6.77. The van der Waals surface area contributed by atoms with Gasteiger partial charge in [0.2, 0.25) is 5.24 Å². The van der Waals surface area contributed by atoms with Crippen molar-refractivity contribution in [1.82, 2.24) is 0 Å². The summed E-state index contributed by atoms with van der Waals surface area (Å²) in [5.74, 6) is -0.299. The van der Waals surface area contributed by atoms with Gasteiger partial charge in [-0.1, -0.05) is 29.8 Å². The Morgan fingerprint density at radius 3 is 2.47 bits per heavy atom. The Kier molecular flexibility index (Phi) is 4.21. The van der Waals surface area contributed by atoms with Crippen LogP contribution in [0.1, 0.15) is 16.4 Å². The highest BCUT2D eigenvalue weighted by Crippen LogP contribution is 2.26. The third kappa shape index (κ3) is 3.32. The molecule has 88 valence electrons. The van der Waals surface area contributed by atoms with Gasteiger partial charge >= 0.3 is 0 Å². The summed E-state index contributed by atoms with van der Waals surface area (Å²) in [5.41, 5.74) is 0.905. The van der Waals surface area contributed by atoms with E-state index in [0.717, 1.165) is 10.4 Å². The van der Waals surface area contributed by atoms with Crippen LogP contribution in [0.4, 0.5) is 0 Å². The first-order valence-electron chi connectivity index (χ1n) is 5.14. The molecule has 2 rings (SSSR count). The summed E-state index contributed by atoms with van der Waals surface area (Å²) in [7, 11) is 0. The monoisotopic (exact) mass is 284 g/mol. The van der Waals surface area contributed by atoms with E-state index in [9.17, 15) is 4.79 Å². The van der Waals surface area contributed by atoms with E-state index < -0.39 is 0 Å². The SMILES string of the molecule is O=C(Cl)C(Cc1cccs1)c1ccc(Cl)cc1. The summed E-state index contributed by atoms with van der Waals surface area (Å²) >= 11 is 13.1. The van der Waals surface area contributed by atoms with Gasteiger partial charge in [-0.25, -0.2) is 0 Å². The Hall–Kier alpha value is -0.830. The van der Waals surface area contributed by atoms with Crippen molar-refractivity contribution in [3.63, 3.8) is 0 Å². The summed E-state index contributed by atoms with van der Waals surface area (Å²) < 4.78 is 0. The normalized spacial score (nSPS) is 12.4. The third-order valence-electron chi connectivity index (χ3n) is 2.53. The van der Waals surface area contributed by atoms with Crippen LogP contribution in [0.2, 0.25) is 5.02 Å². The molecule has 4 heteroatoms. The lowest BCUT2D eigenvalue weighted by molar-refractivity contribution is -0.113. The molecule has 0 amide bonds. The maximum Gasteiger partial charge on any atom is 0.229 e. The molecule has 0 aliphatic rings. The molecule has 1 aromatic heterocycles. The lowest BCUT2D eigenvalue weighted by atomic mass is 9.96. The van der Waals surface area contributed by atoms with Gasteiger partial charge < -0.3 is 0 Å². The number of rotatable bonds is 4. The van der Waals surface area contributed by atoms with E-state index in [4.69, 9.17) is 23.2 Å². The van der Waals surface area contributed by atoms with Crippen molar-refractivity contribution in [3.8, 4) is 0 Å². The van der Waals surface area contributed by atoms with Gasteiger partial charge in [0.25, 0.3) is 0 Å². The highest BCUT2D eigenvalue weighted by atomic mass is 35.5. The third-order valence-corrected chi connectivity index (χ3v) is 3.95. The molecule has 0 aliphatic heterocycles. The molecular formula is C13H10Cl2OS. The van der Waals surface area contributed by atoms with Gasteiger partial charge in [-0.15, -0.1) is 11.3 Å². The van der Waals surface area contributed by atoms with Crippen molar-refractivity contribution in [2.45, 2.75) is 12.3 Å². The lowest BCUT2D eigenvalue weighted by Gasteiger charge is -2.11. The van der Waals surface area contributed by atoms with Crippen molar-refractivity contribution in [1.29, 1.82) is 0 Å². The van der Waals surface area contributed by atoms with Crippen molar-refractivity contribution >= 4 is 39.8 Å². The zero-order chi connectivity index (χ0) is 12.3. The minimum Gasteiger partial charge on any atom is -0.281 e. The molecule has 1 atom stereocenters. The predicted molar refractivity (Wildman–Crippen MR) is 73.1 cm³/mol. The first-order chi connectivity index (χ1) is 8.16. The molecule has 1 heterocycles. The molecular weight excluding hydrogens is 275 g/mol. The highest BCUT2D eigenvalue weighted by Gasteiger charge is 2.19. The Balaban J connectivity index is 2.23. The Morgan fingerprint density at radius 1 is 1.24 bits per heavy atom. The van der Waals surface area contributed by atoms with Crippen LogP contribution >= 0.6 is 34.5 Å². The van der Waals surface area contributed by atoms with Crippen LogP contribution in [0.5, 0.6) is 0 Å². The largest absolute Gasteiger partial charge is 0.281 e. The van der Waals surface area contributed by atoms with Crippen molar-refractivity contribution in [2.75, 3.05) is 0 Å². The maximum absolute atomic E-state index is 11.5. The minimum atomic E-state index is -0.333. The Morgan fingerprint density at radius 2 is 1.94 bits per heavy atom. The fourth-order valence-electron chi connectivity index (χ4n) is 1.65. The lowest BCUT2D eigenvalue weighted by Crippen LogP contribution is -2.09. The summed E-state index contributed by atoms with van der Waals surface area (Å²) in [6, 6.07) is 11.2. The predicted octanol–water partition coefficient (Wildman–Crippen LogP) is 4.49. The van der Waals surface area contributed by atoms with E-state index in [2.05, 4.69) is 0 Å². The van der Waals surface area contributed by atoms with Crippen LogP contribution in [0.3, 0.4) is 0 Å². The fourth-order valence-corrected chi connectivity index (χ4v) is 2.74. The Labute approximate surface area is 114 Å². The summed E-state index contributed by atoms with van der Waals surface area (Å²) in [5, 5.41) is 2.32. The van der Waals surface area contributed by atoms with Crippen LogP contribution < -0.4 is 0 Å². The molecule has 0 spiro atoms. The van der Waals surface area contributed by atoms with Gasteiger partial charge in [0.15, 0.2) is 0 Å². The topological polar surface area (TPSA) is 17.1 Å². The van der Waals surface area contributed by atoms with E-state index in [1.807, 2.05) is 29.6 Å². The molecule has 0 N–H and O–H groups in total. The standard InChI is InChI=1S/C13H10Cl2OS/c14-10-5-3-9(4-6-10)12(13(15)16)8-11-2-1-7-17-11/h1-7,12H,8H2. The summed E-state index contributed by atoms with van der Waals surface area (Å²) in [4.78, 5) is 12.6. The minimum absolute atomic E-state index is 0.299. The van der Waals surface area contributed by atoms with Gasteiger partial charge in [-0.2, -0.15) is 0 Å². The van der Waals surface area contributed by atoms with Crippen molar-refractivity contribution in [2.24, 2.45) is 0 Å². The number of carbonyl (C=O) groups excluding carboxylic acids is 1. The number of benzene rings is 1. The first kappa shape index (κ1) is 12.6. The molecule has 1 nitrogen and oxygen atoms in total. The molecule has 2 aromatic rings. The number of thiophene rings is 1. The molecule has 0 radical (unpaired) electrons. The highest BCUT2D eigenvalue weighted by molar-refractivity contribution is 7.09. The molecule has 17 heavy (non-hydrogen) atoms. The van der Waals surface area contributed by atoms with Crippen LogP contribution in [-0.4, -0.2) is 5.24 Å². The number of hydrogen-bond acceptors (Lipinski definition) is 2. The van der Waals surface area contributed by atoms with Crippen LogP contribution in [0.15, 0.2) is 41.8 Å². The molecule has 0 aliphatic carbocycles. The molecule has 0 saturated carbocycles. The smallest absolute Gasteiger partial charge is 0.229 e. The van der Waals surface area contributed by atoms with E-state index in [1.54, 1.807) is 23.5 Å². The summed E-state index contributed by atoms with van der Waals surface area (Å²) in [6.07, 6.45) is 0.641. The zero-order valence-corrected chi connectivity index (χ0v) is 11.2. The average molecular weight is 285 g/mol. The molecule has 1 unspecified atom stereocenters. The van der Waals surface area contributed by atoms with Gasteiger partial charge in [0, 0.05) is 9.90 Å². The van der Waals surface area contributed by atoms with E-state index in [1.165, 1.54) is 0 Å². The fraction of sp³-hybridized carbons (Fsp3) is 0.154. The number of hydrogen-bond donors (Lipinski definition) is 0. The number of carbonyl (C=O) groups is 1. The van der Waals surface area contributed by atoms with Crippen molar-refractivity contribution < 1.29 is 4.79 Å². The second-order valence-electron chi connectivity index (χ2n) is 3.69. The van der Waals surface area contributed by atoms with Gasteiger partial charge in [-0.05, 0) is 47.2 Å². The summed E-state index contributed by atoms with van der Waals surface area (Å²) in [6.45, 7) is 0. The number of halogens is 2. The van der Waals surface area contributed by atoms with Crippen LogP contribution in [0, 0.1) is 0 Å². The molecule has 1 aromatic carbocycles. The van der Waals surface area contributed by atoms with Crippen LogP contribution in [-0.2, 0) is 11.2 Å². The van der Waals surface area contributed by atoms with Gasteiger partial charge in [0.05, 0.1) is 5.92 Å². The van der Waals surface area contributed by atoms with Gasteiger partial charge in [-0.3, -0.25) is 4.79 Å². The van der Waals surface area contributed by atoms with Crippen LogP contribution in [0.25, 0.3) is 0 Å². The molecule has 0 saturated heterocycles. The van der Waals surface area contributed by atoms with E-state index in [-0.39, 0.29) is 11.2 Å². The zero-order valence-electron chi connectivity index (χ0n) is 8.90. The molecule has 0 bridgehead atoms. The molecule has 0 fully saturated rings. The average Bonchev–Trinajstić information content (AvgIpc) is 2.80.